The Morgan fingerprint density at radius 3 is 2.00 bits per heavy atom. The monoisotopic (exact) mass is 597 g/mol. The minimum Gasteiger partial charge on any atom is -0.354 e. The van der Waals surface area contributed by atoms with E-state index in [0.29, 0.717) is 12.2 Å². The summed E-state index contributed by atoms with van der Waals surface area (Å²) in [6, 6.07) is 33.1. The molecular formula is C35H39N3O4S. The van der Waals surface area contributed by atoms with Crippen molar-refractivity contribution in [3.63, 3.8) is 0 Å². The highest BCUT2D eigenvalue weighted by atomic mass is 32.2. The number of rotatable bonds is 14. The predicted octanol–water partition coefficient (Wildman–Crippen LogP) is 5.75. The Balaban J connectivity index is 1.77. The highest BCUT2D eigenvalue weighted by molar-refractivity contribution is 7.92. The lowest BCUT2D eigenvalue weighted by Gasteiger charge is -2.34. The molecule has 7 nitrogen and oxygen atoms in total. The number of nitrogens with zero attached hydrogens (tertiary/aromatic N) is 2. The van der Waals surface area contributed by atoms with Crippen LogP contribution in [-0.2, 0) is 32.6 Å². The summed E-state index contributed by atoms with van der Waals surface area (Å²) in [6.45, 7) is 4.18. The number of para-hydroxylation sites is 1. The molecule has 0 saturated carbocycles. The Labute approximate surface area is 255 Å². The lowest BCUT2D eigenvalue weighted by molar-refractivity contribution is -0.140. The minimum atomic E-state index is -4.10. The van der Waals surface area contributed by atoms with Crippen molar-refractivity contribution in [1.29, 1.82) is 0 Å². The van der Waals surface area contributed by atoms with Crippen LogP contribution < -0.4 is 9.62 Å². The third-order valence-electron chi connectivity index (χ3n) is 7.36. The fraction of sp³-hybridized carbons (Fsp3) is 0.257. The van der Waals surface area contributed by atoms with E-state index < -0.39 is 28.5 Å². The fourth-order valence-corrected chi connectivity index (χ4v) is 6.31. The number of anilines is 1. The van der Waals surface area contributed by atoms with Gasteiger partial charge in [0.1, 0.15) is 12.6 Å². The number of amides is 2. The molecule has 1 atom stereocenters. The molecule has 0 radical (unpaired) electrons. The zero-order valence-electron chi connectivity index (χ0n) is 24.7. The van der Waals surface area contributed by atoms with Crippen LogP contribution in [0.5, 0.6) is 0 Å². The van der Waals surface area contributed by atoms with Gasteiger partial charge in [-0.15, -0.1) is 0 Å². The zero-order chi connectivity index (χ0) is 30.7. The summed E-state index contributed by atoms with van der Waals surface area (Å²) in [4.78, 5) is 29.8. The van der Waals surface area contributed by atoms with Gasteiger partial charge in [0.2, 0.25) is 11.8 Å². The molecule has 0 fully saturated rings. The Morgan fingerprint density at radius 2 is 1.37 bits per heavy atom. The van der Waals surface area contributed by atoms with Crippen LogP contribution in [0.4, 0.5) is 5.69 Å². The first-order valence-corrected chi connectivity index (χ1v) is 16.0. The van der Waals surface area contributed by atoms with Crippen molar-refractivity contribution < 1.29 is 18.0 Å². The average Bonchev–Trinajstić information content (AvgIpc) is 3.03. The number of carbonyl (C=O) groups is 2. The average molecular weight is 598 g/mol. The number of hydrogen-bond donors (Lipinski definition) is 1. The number of hydrogen-bond acceptors (Lipinski definition) is 4. The van der Waals surface area contributed by atoms with Gasteiger partial charge < -0.3 is 10.2 Å². The van der Waals surface area contributed by atoms with Crippen molar-refractivity contribution in [3.05, 3.63) is 132 Å². The SMILES string of the molecule is CCCCNC(=O)[C@H](Cc1ccccc1)N(Cc1ccccc1C)C(=O)CN(c1ccccc1)S(=O)(=O)c1ccccc1. The third kappa shape index (κ3) is 8.32. The van der Waals surface area contributed by atoms with Crippen LogP contribution in [0.25, 0.3) is 0 Å². The van der Waals surface area contributed by atoms with Gasteiger partial charge in [-0.25, -0.2) is 8.42 Å². The van der Waals surface area contributed by atoms with Gasteiger partial charge in [-0.3, -0.25) is 13.9 Å². The summed E-state index contributed by atoms with van der Waals surface area (Å²) < 4.78 is 29.0. The molecule has 0 aliphatic heterocycles. The Kier molecular flexibility index (Phi) is 11.1. The maximum Gasteiger partial charge on any atom is 0.264 e. The van der Waals surface area contributed by atoms with E-state index in [1.165, 1.54) is 17.0 Å². The first kappa shape index (κ1) is 31.5. The van der Waals surface area contributed by atoms with Gasteiger partial charge in [0, 0.05) is 19.5 Å². The smallest absolute Gasteiger partial charge is 0.264 e. The van der Waals surface area contributed by atoms with E-state index in [4.69, 9.17) is 0 Å². The van der Waals surface area contributed by atoms with Crippen molar-refractivity contribution in [2.45, 2.75) is 50.6 Å². The topological polar surface area (TPSA) is 86.8 Å². The van der Waals surface area contributed by atoms with E-state index in [-0.39, 0.29) is 23.8 Å². The molecule has 0 aromatic heterocycles. The van der Waals surface area contributed by atoms with E-state index in [2.05, 4.69) is 5.32 Å². The van der Waals surface area contributed by atoms with Crippen molar-refractivity contribution in [2.24, 2.45) is 0 Å². The molecule has 4 aromatic carbocycles. The number of benzene rings is 4. The quantitative estimate of drug-likeness (QED) is 0.188. The molecule has 0 aliphatic carbocycles. The maximum atomic E-state index is 14.4. The number of nitrogens with one attached hydrogen (secondary N) is 1. The maximum absolute atomic E-state index is 14.4. The highest BCUT2D eigenvalue weighted by Gasteiger charge is 2.34. The molecule has 224 valence electrons. The third-order valence-corrected chi connectivity index (χ3v) is 9.14. The fourth-order valence-electron chi connectivity index (χ4n) is 4.87. The Hall–Kier alpha value is -4.43. The lowest BCUT2D eigenvalue weighted by atomic mass is 10.0. The van der Waals surface area contributed by atoms with Gasteiger partial charge in [-0.05, 0) is 54.3 Å². The second-order valence-electron chi connectivity index (χ2n) is 10.5. The molecule has 1 N–H and O–H groups in total. The van der Waals surface area contributed by atoms with E-state index in [1.807, 2.05) is 68.4 Å². The molecule has 2 amide bonds. The van der Waals surface area contributed by atoms with Crippen LogP contribution in [0, 0.1) is 6.92 Å². The van der Waals surface area contributed by atoms with Gasteiger partial charge in [0.15, 0.2) is 0 Å². The molecule has 0 aliphatic rings. The van der Waals surface area contributed by atoms with E-state index >= 15 is 0 Å². The molecule has 0 unspecified atom stereocenters. The first-order chi connectivity index (χ1) is 20.8. The van der Waals surface area contributed by atoms with Crippen LogP contribution >= 0.6 is 0 Å². The highest BCUT2D eigenvalue weighted by Crippen LogP contribution is 2.25. The normalized spacial score (nSPS) is 11.9. The standard InChI is InChI=1S/C35H39N3O4S/c1-3-4-24-36-35(40)33(25-29-17-8-5-9-18-29)37(26-30-19-15-14-16-28(30)2)34(39)27-38(31-20-10-6-11-21-31)43(41,42)32-22-12-7-13-23-32/h5-23,33H,3-4,24-27H2,1-2H3,(H,36,40)/t33-/m0/s1. The molecule has 4 aromatic rings. The summed E-state index contributed by atoms with van der Waals surface area (Å²) in [5.41, 5.74) is 3.12. The van der Waals surface area contributed by atoms with Gasteiger partial charge in [-0.2, -0.15) is 0 Å². The van der Waals surface area contributed by atoms with Gasteiger partial charge in [0.05, 0.1) is 10.6 Å². The molecular weight excluding hydrogens is 558 g/mol. The van der Waals surface area contributed by atoms with Crippen LogP contribution in [-0.4, -0.2) is 44.3 Å². The second kappa shape index (κ2) is 15.2. The minimum absolute atomic E-state index is 0.0789. The van der Waals surface area contributed by atoms with Crippen LogP contribution in [0.15, 0.2) is 120 Å². The van der Waals surface area contributed by atoms with Crippen LogP contribution in [0.1, 0.15) is 36.5 Å². The van der Waals surface area contributed by atoms with E-state index in [9.17, 15) is 18.0 Å². The molecule has 0 saturated heterocycles. The number of unbranched alkanes of at least 4 members (excludes halogenated alkanes) is 1. The van der Waals surface area contributed by atoms with Gasteiger partial charge >= 0.3 is 0 Å². The summed E-state index contributed by atoms with van der Waals surface area (Å²) >= 11 is 0. The largest absolute Gasteiger partial charge is 0.354 e. The molecule has 0 spiro atoms. The molecule has 0 bridgehead atoms. The summed E-state index contributed by atoms with van der Waals surface area (Å²) in [7, 11) is -4.10. The van der Waals surface area contributed by atoms with Crippen molar-refractivity contribution >= 4 is 27.5 Å². The number of sulfonamides is 1. The summed E-state index contributed by atoms with van der Waals surface area (Å²) in [6.07, 6.45) is 2.01. The number of carbonyl (C=O) groups excluding carboxylic acids is 2. The molecule has 0 heterocycles. The summed E-state index contributed by atoms with van der Waals surface area (Å²) in [5.74, 6) is -0.741. The first-order valence-electron chi connectivity index (χ1n) is 14.6. The van der Waals surface area contributed by atoms with Crippen molar-refractivity contribution in [3.8, 4) is 0 Å². The Morgan fingerprint density at radius 1 is 0.791 bits per heavy atom. The summed E-state index contributed by atoms with van der Waals surface area (Å²) in [5, 5.41) is 3.02. The number of aryl methyl sites for hydroxylation is 1. The molecule has 43 heavy (non-hydrogen) atoms. The zero-order valence-corrected chi connectivity index (χ0v) is 25.5. The molecule has 8 heteroatoms. The van der Waals surface area contributed by atoms with Crippen LogP contribution in [0.3, 0.4) is 0 Å². The van der Waals surface area contributed by atoms with E-state index in [0.717, 1.165) is 33.8 Å². The predicted molar refractivity (Wildman–Crippen MR) is 171 cm³/mol. The second-order valence-corrected chi connectivity index (χ2v) is 12.3. The van der Waals surface area contributed by atoms with E-state index in [1.54, 1.807) is 48.5 Å². The van der Waals surface area contributed by atoms with Crippen molar-refractivity contribution in [2.75, 3.05) is 17.4 Å². The lowest BCUT2D eigenvalue weighted by Crippen LogP contribution is -2.53. The Bertz CT molecular complexity index is 1580. The van der Waals surface area contributed by atoms with Gasteiger partial charge in [-0.1, -0.05) is 104 Å². The molecule has 4 rings (SSSR count). The van der Waals surface area contributed by atoms with Crippen LogP contribution in [0.2, 0.25) is 0 Å². The van der Waals surface area contributed by atoms with Gasteiger partial charge in [0.25, 0.3) is 10.0 Å². The van der Waals surface area contributed by atoms with Crippen molar-refractivity contribution in [1.82, 2.24) is 10.2 Å².